The van der Waals surface area contributed by atoms with Crippen LogP contribution in [0.5, 0.6) is 11.5 Å². The standard InChI is InChI=1S/C20H17N5O5/c1-28-14-7-6-13(11-16(14)29-2)25(20(26)27)18-12-17(24-9-4-8-21-24)22-19(23-18)15-5-3-10-30-15/h3-12H,1-2H3,(H,26,27). The average molecular weight is 407 g/mol. The van der Waals surface area contributed by atoms with Gasteiger partial charge in [-0.3, -0.25) is 0 Å². The highest BCUT2D eigenvalue weighted by atomic mass is 16.5. The van der Waals surface area contributed by atoms with Gasteiger partial charge in [0.2, 0.25) is 0 Å². The summed E-state index contributed by atoms with van der Waals surface area (Å²) in [6.45, 7) is 0. The smallest absolute Gasteiger partial charge is 0.417 e. The van der Waals surface area contributed by atoms with Gasteiger partial charge in [0.15, 0.2) is 28.9 Å². The Balaban J connectivity index is 1.88. The molecule has 152 valence electrons. The molecule has 0 spiro atoms. The molecule has 0 unspecified atom stereocenters. The molecule has 0 atom stereocenters. The molecule has 0 radical (unpaired) electrons. The van der Waals surface area contributed by atoms with Crippen molar-refractivity contribution in [1.82, 2.24) is 19.7 Å². The van der Waals surface area contributed by atoms with E-state index in [-0.39, 0.29) is 11.6 Å². The van der Waals surface area contributed by atoms with Crippen LogP contribution in [-0.4, -0.2) is 45.2 Å². The normalized spacial score (nSPS) is 10.6. The number of benzene rings is 1. The summed E-state index contributed by atoms with van der Waals surface area (Å²) in [5.74, 6) is 1.96. The molecule has 0 saturated carbocycles. The molecule has 0 fully saturated rings. The molecule has 30 heavy (non-hydrogen) atoms. The fourth-order valence-corrected chi connectivity index (χ4v) is 2.88. The lowest BCUT2D eigenvalue weighted by atomic mass is 10.2. The van der Waals surface area contributed by atoms with Crippen molar-refractivity contribution < 1.29 is 23.8 Å². The van der Waals surface area contributed by atoms with Gasteiger partial charge in [-0.2, -0.15) is 5.10 Å². The summed E-state index contributed by atoms with van der Waals surface area (Å²) >= 11 is 0. The monoisotopic (exact) mass is 407 g/mol. The molecule has 1 aromatic carbocycles. The Morgan fingerprint density at radius 2 is 1.93 bits per heavy atom. The van der Waals surface area contributed by atoms with E-state index in [1.807, 2.05) is 0 Å². The van der Waals surface area contributed by atoms with Gasteiger partial charge < -0.3 is 19.0 Å². The first-order chi connectivity index (χ1) is 14.6. The highest BCUT2D eigenvalue weighted by molar-refractivity contribution is 5.94. The average Bonchev–Trinajstić information content (AvgIpc) is 3.47. The molecule has 0 aliphatic heterocycles. The number of amides is 1. The molecule has 10 nitrogen and oxygen atoms in total. The van der Waals surface area contributed by atoms with Crippen LogP contribution < -0.4 is 14.4 Å². The SMILES string of the molecule is COc1ccc(N(C(=O)O)c2cc(-n3cccn3)nc(-c3ccco3)n2)cc1OC. The summed E-state index contributed by atoms with van der Waals surface area (Å²) in [4.78, 5) is 22.1. The van der Waals surface area contributed by atoms with E-state index < -0.39 is 6.09 Å². The van der Waals surface area contributed by atoms with Crippen LogP contribution >= 0.6 is 0 Å². The van der Waals surface area contributed by atoms with Crippen LogP contribution in [-0.2, 0) is 0 Å². The summed E-state index contributed by atoms with van der Waals surface area (Å²) in [6.07, 6.45) is 3.54. The zero-order chi connectivity index (χ0) is 21.1. The fourth-order valence-electron chi connectivity index (χ4n) is 2.88. The third kappa shape index (κ3) is 3.53. The molecular weight excluding hydrogens is 390 g/mol. The van der Waals surface area contributed by atoms with E-state index >= 15 is 0 Å². The van der Waals surface area contributed by atoms with Crippen LogP contribution in [0.1, 0.15) is 0 Å². The maximum atomic E-state index is 12.2. The van der Waals surface area contributed by atoms with E-state index in [1.54, 1.807) is 48.8 Å². The summed E-state index contributed by atoms with van der Waals surface area (Å²) in [5.41, 5.74) is 0.315. The Morgan fingerprint density at radius 3 is 2.57 bits per heavy atom. The van der Waals surface area contributed by atoms with Gasteiger partial charge in [-0.05, 0) is 30.3 Å². The number of carboxylic acid groups (broad SMARTS) is 1. The van der Waals surface area contributed by atoms with Gasteiger partial charge in [-0.25, -0.2) is 24.3 Å². The number of aromatic nitrogens is 4. The highest BCUT2D eigenvalue weighted by Crippen LogP contribution is 2.35. The van der Waals surface area contributed by atoms with Crippen molar-refractivity contribution in [3.63, 3.8) is 0 Å². The van der Waals surface area contributed by atoms with E-state index in [0.717, 1.165) is 4.90 Å². The molecular formula is C20H17N5O5. The lowest BCUT2D eigenvalue weighted by molar-refractivity contribution is 0.204. The Bertz CT molecular complexity index is 1110. The maximum absolute atomic E-state index is 12.2. The van der Waals surface area contributed by atoms with Crippen LogP contribution in [0.15, 0.2) is 65.5 Å². The Morgan fingerprint density at radius 1 is 1.10 bits per heavy atom. The largest absolute Gasteiger partial charge is 0.493 e. The topological polar surface area (TPSA) is 116 Å². The molecule has 0 aliphatic rings. The Hall–Kier alpha value is -4.34. The number of furan rings is 1. The minimum atomic E-state index is -1.24. The molecule has 0 aliphatic carbocycles. The zero-order valence-corrected chi connectivity index (χ0v) is 16.1. The van der Waals surface area contributed by atoms with Gasteiger partial charge in [-0.15, -0.1) is 0 Å². The lowest BCUT2D eigenvalue weighted by Crippen LogP contribution is -2.25. The minimum absolute atomic E-state index is 0.113. The van der Waals surface area contributed by atoms with Crippen molar-refractivity contribution >= 4 is 17.6 Å². The molecule has 4 aromatic rings. The number of rotatable bonds is 6. The first kappa shape index (κ1) is 19.0. The van der Waals surface area contributed by atoms with E-state index in [9.17, 15) is 9.90 Å². The van der Waals surface area contributed by atoms with Gasteiger partial charge >= 0.3 is 6.09 Å². The molecule has 4 rings (SSSR count). The van der Waals surface area contributed by atoms with Crippen molar-refractivity contribution in [1.29, 1.82) is 0 Å². The zero-order valence-electron chi connectivity index (χ0n) is 16.1. The number of anilines is 2. The quantitative estimate of drug-likeness (QED) is 0.514. The second-order valence-electron chi connectivity index (χ2n) is 5.99. The van der Waals surface area contributed by atoms with Crippen molar-refractivity contribution in [2.24, 2.45) is 0 Å². The van der Waals surface area contributed by atoms with E-state index in [0.29, 0.717) is 28.8 Å². The maximum Gasteiger partial charge on any atom is 0.417 e. The number of ether oxygens (including phenoxy) is 2. The van der Waals surface area contributed by atoms with Crippen LogP contribution in [0.2, 0.25) is 0 Å². The van der Waals surface area contributed by atoms with Gasteiger partial charge in [0.1, 0.15) is 5.82 Å². The summed E-state index contributed by atoms with van der Waals surface area (Å²) in [7, 11) is 2.98. The number of nitrogens with zero attached hydrogens (tertiary/aromatic N) is 5. The fraction of sp³-hybridized carbons (Fsp3) is 0.100. The van der Waals surface area contributed by atoms with Crippen molar-refractivity contribution in [2.75, 3.05) is 19.1 Å². The van der Waals surface area contributed by atoms with Crippen molar-refractivity contribution in [2.45, 2.75) is 0 Å². The first-order valence-electron chi connectivity index (χ1n) is 8.78. The second kappa shape index (κ2) is 7.95. The van der Waals surface area contributed by atoms with Gasteiger partial charge in [-0.1, -0.05) is 0 Å². The molecule has 0 saturated heterocycles. The third-order valence-corrected chi connectivity index (χ3v) is 4.23. The number of hydrogen-bond donors (Lipinski definition) is 1. The van der Waals surface area contributed by atoms with Gasteiger partial charge in [0, 0.05) is 24.5 Å². The van der Waals surface area contributed by atoms with Crippen LogP contribution in [0, 0.1) is 0 Å². The van der Waals surface area contributed by atoms with Crippen molar-refractivity contribution in [3.8, 4) is 28.9 Å². The molecule has 1 amide bonds. The molecule has 0 bridgehead atoms. The lowest BCUT2D eigenvalue weighted by Gasteiger charge is -2.20. The molecule has 3 heterocycles. The van der Waals surface area contributed by atoms with Crippen LogP contribution in [0.3, 0.4) is 0 Å². The van der Waals surface area contributed by atoms with Gasteiger partial charge in [0.25, 0.3) is 0 Å². The number of carbonyl (C=O) groups is 1. The van der Waals surface area contributed by atoms with Gasteiger partial charge in [0.05, 0.1) is 26.2 Å². The van der Waals surface area contributed by atoms with Crippen LogP contribution in [0.4, 0.5) is 16.3 Å². The number of hydrogen-bond acceptors (Lipinski definition) is 7. The molecule has 3 aromatic heterocycles. The van der Waals surface area contributed by atoms with E-state index in [2.05, 4.69) is 15.1 Å². The highest BCUT2D eigenvalue weighted by Gasteiger charge is 2.23. The van der Waals surface area contributed by atoms with Crippen LogP contribution in [0.25, 0.3) is 17.4 Å². The third-order valence-electron chi connectivity index (χ3n) is 4.23. The summed E-state index contributed by atoms with van der Waals surface area (Å²) in [5, 5.41) is 14.1. The first-order valence-corrected chi connectivity index (χ1v) is 8.78. The van der Waals surface area contributed by atoms with E-state index in [1.165, 1.54) is 31.2 Å². The Kier molecular flexibility index (Phi) is 5.04. The summed E-state index contributed by atoms with van der Waals surface area (Å²) < 4.78 is 17.4. The summed E-state index contributed by atoms with van der Waals surface area (Å²) in [6, 6.07) is 11.4. The minimum Gasteiger partial charge on any atom is -0.493 e. The predicted molar refractivity (Wildman–Crippen MR) is 107 cm³/mol. The Labute approximate surface area is 170 Å². The predicted octanol–water partition coefficient (Wildman–Crippen LogP) is 3.76. The van der Waals surface area contributed by atoms with E-state index in [4.69, 9.17) is 13.9 Å². The molecule has 1 N–H and O–H groups in total. The second-order valence-corrected chi connectivity index (χ2v) is 5.99. The molecule has 10 heteroatoms. The van der Waals surface area contributed by atoms with Crippen molar-refractivity contribution in [3.05, 3.63) is 61.1 Å². The number of methoxy groups -OCH3 is 2.